The maximum Gasteiger partial charge on any atom is 0.357 e. The Labute approximate surface area is 120 Å². The molecule has 0 aliphatic rings. The van der Waals surface area contributed by atoms with Gasteiger partial charge in [-0.3, -0.25) is 4.98 Å². The van der Waals surface area contributed by atoms with E-state index in [0.29, 0.717) is 6.54 Å². The summed E-state index contributed by atoms with van der Waals surface area (Å²) in [4.78, 5) is 18.9. The Hall–Kier alpha value is -2.89. The molecule has 106 valence electrons. The smallest absolute Gasteiger partial charge is 0.357 e. The van der Waals surface area contributed by atoms with E-state index in [-0.39, 0.29) is 11.7 Å². The Balaban J connectivity index is 1.68. The van der Waals surface area contributed by atoms with Crippen LogP contribution >= 0.6 is 0 Å². The van der Waals surface area contributed by atoms with Crippen LogP contribution in [0.2, 0.25) is 0 Å². The van der Waals surface area contributed by atoms with Gasteiger partial charge < -0.3 is 14.8 Å². The highest BCUT2D eigenvalue weighted by molar-refractivity contribution is 5.85. The van der Waals surface area contributed by atoms with E-state index >= 15 is 0 Å². The van der Waals surface area contributed by atoms with Gasteiger partial charge in [0.2, 0.25) is 0 Å². The third kappa shape index (κ3) is 2.84. The zero-order chi connectivity index (χ0) is 14.7. The van der Waals surface area contributed by atoms with Crippen LogP contribution in [0.3, 0.4) is 0 Å². The molecule has 0 aliphatic carbocycles. The first kappa shape index (κ1) is 13.1. The summed E-state index contributed by atoms with van der Waals surface area (Å²) in [5.74, 6) is -1.11. The third-order valence-electron chi connectivity index (χ3n) is 3.11. The van der Waals surface area contributed by atoms with Crippen molar-refractivity contribution in [3.63, 3.8) is 0 Å². The van der Waals surface area contributed by atoms with Crippen molar-refractivity contribution in [3.8, 4) is 0 Å². The van der Waals surface area contributed by atoms with Crippen molar-refractivity contribution in [3.05, 3.63) is 54.0 Å². The Morgan fingerprint density at radius 2 is 2.14 bits per heavy atom. The lowest BCUT2D eigenvalue weighted by molar-refractivity contribution is 0.0690. The number of carboxylic acid groups (broad SMARTS) is 1. The van der Waals surface area contributed by atoms with Gasteiger partial charge in [-0.2, -0.15) is 4.98 Å². The molecule has 6 heteroatoms. The fourth-order valence-electron chi connectivity index (χ4n) is 2.13. The van der Waals surface area contributed by atoms with Crippen LogP contribution in [0.1, 0.15) is 16.1 Å². The lowest BCUT2D eigenvalue weighted by atomic mass is 10.1. The molecular formula is C15H13N3O3. The molecule has 2 heterocycles. The molecule has 0 spiro atoms. The van der Waals surface area contributed by atoms with Crippen molar-refractivity contribution in [2.75, 3.05) is 11.9 Å². The number of rotatable bonds is 5. The number of anilines is 1. The van der Waals surface area contributed by atoms with Gasteiger partial charge in [-0.15, -0.1) is 0 Å². The average molecular weight is 283 g/mol. The Bertz CT molecular complexity index is 777. The number of fused-ring (bicyclic) bond motifs is 1. The molecular weight excluding hydrogens is 270 g/mol. The van der Waals surface area contributed by atoms with E-state index in [1.807, 2.05) is 30.3 Å². The van der Waals surface area contributed by atoms with Gasteiger partial charge in [0.15, 0.2) is 5.69 Å². The maximum absolute atomic E-state index is 10.7. The standard InChI is InChI=1S/C15H13N3O3/c19-14(20)12-9-21-15(18-12)17-8-6-11-4-1-3-10-5-2-7-16-13(10)11/h1-5,7,9H,6,8H2,(H,17,18)(H,19,20). The lowest BCUT2D eigenvalue weighted by Crippen LogP contribution is -2.06. The van der Waals surface area contributed by atoms with E-state index in [9.17, 15) is 4.79 Å². The SMILES string of the molecule is O=C(O)c1coc(NCCc2cccc3cccnc23)n1. The molecule has 2 N–H and O–H groups in total. The molecule has 0 fully saturated rings. The molecule has 0 unspecified atom stereocenters. The largest absolute Gasteiger partial charge is 0.476 e. The number of benzene rings is 1. The second-order valence-corrected chi connectivity index (χ2v) is 4.51. The van der Waals surface area contributed by atoms with Crippen LogP contribution < -0.4 is 5.32 Å². The zero-order valence-corrected chi connectivity index (χ0v) is 11.1. The topological polar surface area (TPSA) is 88.2 Å². The van der Waals surface area contributed by atoms with Crippen molar-refractivity contribution in [1.82, 2.24) is 9.97 Å². The molecule has 0 atom stereocenters. The monoisotopic (exact) mass is 283 g/mol. The molecule has 1 aromatic carbocycles. The van der Waals surface area contributed by atoms with Crippen molar-refractivity contribution in [2.45, 2.75) is 6.42 Å². The molecule has 0 saturated heterocycles. The first-order valence-electron chi connectivity index (χ1n) is 6.49. The minimum atomic E-state index is -1.11. The highest BCUT2D eigenvalue weighted by Gasteiger charge is 2.10. The van der Waals surface area contributed by atoms with Gasteiger partial charge in [0, 0.05) is 18.1 Å². The number of carbonyl (C=O) groups is 1. The van der Waals surface area contributed by atoms with Gasteiger partial charge in [-0.25, -0.2) is 4.79 Å². The fourth-order valence-corrected chi connectivity index (χ4v) is 2.13. The predicted molar refractivity (Wildman–Crippen MR) is 77.4 cm³/mol. The highest BCUT2D eigenvalue weighted by Crippen LogP contribution is 2.16. The maximum atomic E-state index is 10.7. The molecule has 21 heavy (non-hydrogen) atoms. The molecule has 0 amide bonds. The summed E-state index contributed by atoms with van der Waals surface area (Å²) >= 11 is 0. The quantitative estimate of drug-likeness (QED) is 0.748. The Morgan fingerprint density at radius 1 is 1.29 bits per heavy atom. The van der Waals surface area contributed by atoms with Gasteiger partial charge in [0.05, 0.1) is 5.52 Å². The van der Waals surface area contributed by atoms with Crippen LogP contribution in [0, 0.1) is 0 Å². The zero-order valence-electron chi connectivity index (χ0n) is 11.1. The number of nitrogens with one attached hydrogen (secondary N) is 1. The van der Waals surface area contributed by atoms with Crippen molar-refractivity contribution in [1.29, 1.82) is 0 Å². The van der Waals surface area contributed by atoms with Crippen LogP contribution in [-0.2, 0) is 6.42 Å². The summed E-state index contributed by atoms with van der Waals surface area (Å²) in [5, 5.41) is 12.8. The van der Waals surface area contributed by atoms with E-state index in [4.69, 9.17) is 9.52 Å². The number of carboxylic acids is 1. The Kier molecular flexibility index (Phi) is 3.51. The van der Waals surface area contributed by atoms with Crippen molar-refractivity contribution >= 4 is 22.9 Å². The third-order valence-corrected chi connectivity index (χ3v) is 3.11. The van der Waals surface area contributed by atoms with Gasteiger partial charge in [-0.05, 0) is 18.1 Å². The number of para-hydroxylation sites is 1. The molecule has 0 radical (unpaired) electrons. The number of hydrogen-bond acceptors (Lipinski definition) is 5. The van der Waals surface area contributed by atoms with E-state index in [1.165, 1.54) is 0 Å². The summed E-state index contributed by atoms with van der Waals surface area (Å²) in [7, 11) is 0. The van der Waals surface area contributed by atoms with Gasteiger partial charge >= 0.3 is 5.97 Å². The van der Waals surface area contributed by atoms with Crippen molar-refractivity contribution < 1.29 is 14.3 Å². The second kappa shape index (κ2) is 5.62. The first-order valence-corrected chi connectivity index (χ1v) is 6.49. The summed E-state index contributed by atoms with van der Waals surface area (Å²) < 4.78 is 5.03. The van der Waals surface area contributed by atoms with E-state index < -0.39 is 5.97 Å². The van der Waals surface area contributed by atoms with Gasteiger partial charge in [0.25, 0.3) is 6.01 Å². The Morgan fingerprint density at radius 3 is 2.95 bits per heavy atom. The second-order valence-electron chi connectivity index (χ2n) is 4.51. The molecule has 0 bridgehead atoms. The minimum Gasteiger partial charge on any atom is -0.476 e. The van der Waals surface area contributed by atoms with Crippen LogP contribution in [0.5, 0.6) is 0 Å². The van der Waals surface area contributed by atoms with E-state index in [0.717, 1.165) is 29.2 Å². The molecule has 0 saturated carbocycles. The van der Waals surface area contributed by atoms with E-state index in [2.05, 4.69) is 15.3 Å². The summed E-state index contributed by atoms with van der Waals surface area (Å²) in [6, 6.07) is 10.2. The summed E-state index contributed by atoms with van der Waals surface area (Å²) in [6.45, 7) is 0.579. The van der Waals surface area contributed by atoms with Gasteiger partial charge in [0.1, 0.15) is 6.26 Å². The molecule has 0 aliphatic heterocycles. The van der Waals surface area contributed by atoms with Crippen molar-refractivity contribution in [2.24, 2.45) is 0 Å². The molecule has 6 nitrogen and oxygen atoms in total. The summed E-state index contributed by atoms with van der Waals surface area (Å²) in [6.07, 6.45) is 3.62. The molecule has 2 aromatic heterocycles. The lowest BCUT2D eigenvalue weighted by Gasteiger charge is -2.05. The van der Waals surface area contributed by atoms with Crippen LogP contribution in [0.4, 0.5) is 6.01 Å². The van der Waals surface area contributed by atoms with Crippen LogP contribution in [0.15, 0.2) is 47.2 Å². The van der Waals surface area contributed by atoms with E-state index in [1.54, 1.807) is 6.20 Å². The van der Waals surface area contributed by atoms with Gasteiger partial charge in [-0.1, -0.05) is 24.3 Å². The number of oxazole rings is 1. The van der Waals surface area contributed by atoms with Crippen LogP contribution in [0.25, 0.3) is 10.9 Å². The molecule has 3 aromatic rings. The number of aromatic nitrogens is 2. The minimum absolute atomic E-state index is 0.107. The summed E-state index contributed by atoms with van der Waals surface area (Å²) in [5.41, 5.74) is 1.98. The number of nitrogens with zero attached hydrogens (tertiary/aromatic N) is 2. The highest BCUT2D eigenvalue weighted by atomic mass is 16.4. The average Bonchev–Trinajstić information content (AvgIpc) is 2.97. The van der Waals surface area contributed by atoms with Crippen LogP contribution in [-0.4, -0.2) is 27.6 Å². The number of hydrogen-bond donors (Lipinski definition) is 2. The molecule has 3 rings (SSSR count). The fraction of sp³-hybridized carbons (Fsp3) is 0.133. The first-order chi connectivity index (χ1) is 10.2. The predicted octanol–water partition coefficient (Wildman–Crippen LogP) is 2.58. The normalized spacial score (nSPS) is 10.7. The number of aromatic carboxylic acids is 1. The number of pyridine rings is 1.